The number of ether oxygens (including phenoxy) is 1. The molecule has 1 fully saturated rings. The van der Waals surface area contributed by atoms with E-state index in [4.69, 9.17) is 4.74 Å². The molecule has 0 unspecified atom stereocenters. The van der Waals surface area contributed by atoms with E-state index in [1.807, 2.05) is 0 Å². The minimum atomic E-state index is -5.61. The molecule has 0 saturated carbocycles. The normalized spacial score (nSPS) is 17.7. The first-order valence-electron chi connectivity index (χ1n) is 6.17. The highest BCUT2D eigenvalue weighted by Gasteiger charge is 2.48. The van der Waals surface area contributed by atoms with Gasteiger partial charge in [-0.25, -0.2) is 12.8 Å². The Bertz CT molecular complexity index is 609. The summed E-state index contributed by atoms with van der Waals surface area (Å²) in [6.07, 6.45) is 1.06. The SMILES string of the molecule is O=S(=O)(c1cc(F)ccc1NC1CCOCC1)C(F)(F)F. The summed E-state index contributed by atoms with van der Waals surface area (Å²) in [5.74, 6) is -1.05. The van der Waals surface area contributed by atoms with Crippen LogP contribution in [-0.4, -0.2) is 33.2 Å². The van der Waals surface area contributed by atoms with Crippen LogP contribution in [0, 0.1) is 5.82 Å². The van der Waals surface area contributed by atoms with Crippen molar-refractivity contribution in [3.63, 3.8) is 0 Å². The average molecular weight is 327 g/mol. The molecule has 1 aliphatic heterocycles. The van der Waals surface area contributed by atoms with Gasteiger partial charge in [0, 0.05) is 19.3 Å². The van der Waals surface area contributed by atoms with Gasteiger partial charge in [-0.3, -0.25) is 0 Å². The highest BCUT2D eigenvalue weighted by molar-refractivity contribution is 7.92. The first-order valence-corrected chi connectivity index (χ1v) is 7.65. The molecule has 1 aromatic rings. The quantitative estimate of drug-likeness (QED) is 0.868. The molecule has 1 heterocycles. The molecule has 4 nitrogen and oxygen atoms in total. The molecule has 0 spiro atoms. The van der Waals surface area contributed by atoms with Crippen molar-refractivity contribution in [1.29, 1.82) is 0 Å². The fourth-order valence-electron chi connectivity index (χ4n) is 2.02. The van der Waals surface area contributed by atoms with Crippen molar-refractivity contribution >= 4 is 15.5 Å². The Kier molecular flexibility index (Phi) is 4.43. The number of benzene rings is 1. The molecule has 1 N–H and O–H groups in total. The van der Waals surface area contributed by atoms with E-state index in [-0.39, 0.29) is 11.7 Å². The first-order chi connectivity index (χ1) is 9.72. The lowest BCUT2D eigenvalue weighted by atomic mass is 10.1. The number of hydrogen-bond acceptors (Lipinski definition) is 4. The fourth-order valence-corrected chi connectivity index (χ4v) is 2.96. The summed E-state index contributed by atoms with van der Waals surface area (Å²) in [4.78, 5) is -1.10. The zero-order valence-corrected chi connectivity index (χ0v) is 11.6. The van der Waals surface area contributed by atoms with Gasteiger partial charge in [0.15, 0.2) is 0 Å². The number of rotatable bonds is 3. The lowest BCUT2D eigenvalue weighted by molar-refractivity contribution is -0.0435. The number of sulfone groups is 1. The zero-order chi connectivity index (χ0) is 15.7. The predicted octanol–water partition coefficient (Wildman–Crippen LogP) is 2.71. The second-order valence-corrected chi connectivity index (χ2v) is 6.53. The first kappa shape index (κ1) is 16.0. The Balaban J connectivity index is 2.38. The van der Waals surface area contributed by atoms with Gasteiger partial charge in [-0.15, -0.1) is 0 Å². The van der Waals surface area contributed by atoms with Crippen LogP contribution in [0.1, 0.15) is 12.8 Å². The van der Waals surface area contributed by atoms with Crippen molar-refractivity contribution in [2.75, 3.05) is 18.5 Å². The number of halogens is 4. The van der Waals surface area contributed by atoms with E-state index in [0.717, 1.165) is 12.1 Å². The molecule has 0 amide bonds. The van der Waals surface area contributed by atoms with Crippen LogP contribution in [0.5, 0.6) is 0 Å². The van der Waals surface area contributed by atoms with E-state index < -0.39 is 26.1 Å². The third kappa shape index (κ3) is 3.46. The molecule has 2 rings (SSSR count). The van der Waals surface area contributed by atoms with Gasteiger partial charge < -0.3 is 10.1 Å². The Morgan fingerprint density at radius 2 is 1.81 bits per heavy atom. The Morgan fingerprint density at radius 3 is 2.38 bits per heavy atom. The maximum Gasteiger partial charge on any atom is 0.501 e. The van der Waals surface area contributed by atoms with E-state index in [2.05, 4.69) is 5.32 Å². The van der Waals surface area contributed by atoms with Crippen LogP contribution in [0.15, 0.2) is 23.1 Å². The molecular weight excluding hydrogens is 314 g/mol. The standard InChI is InChI=1S/C12H13F4NO3S/c13-8-1-2-10(17-9-3-5-20-6-4-9)11(7-8)21(18,19)12(14,15)16/h1-2,7,9,17H,3-6H2. The number of anilines is 1. The van der Waals surface area contributed by atoms with Crippen molar-refractivity contribution in [2.24, 2.45) is 0 Å². The lowest BCUT2D eigenvalue weighted by Crippen LogP contribution is -2.30. The predicted molar refractivity (Wildman–Crippen MR) is 67.1 cm³/mol. The van der Waals surface area contributed by atoms with E-state index in [9.17, 15) is 26.0 Å². The molecule has 118 valence electrons. The second kappa shape index (κ2) is 5.80. The third-order valence-corrected chi connectivity index (χ3v) is 4.65. The summed E-state index contributed by atoms with van der Waals surface area (Å²) >= 11 is 0. The van der Waals surface area contributed by atoms with Gasteiger partial charge in [0.2, 0.25) is 0 Å². The summed E-state index contributed by atoms with van der Waals surface area (Å²) in [5, 5.41) is 2.73. The molecule has 0 aromatic heterocycles. The van der Waals surface area contributed by atoms with Crippen molar-refractivity contribution < 1.29 is 30.7 Å². The minimum absolute atomic E-state index is 0.216. The highest BCUT2D eigenvalue weighted by Crippen LogP contribution is 2.35. The van der Waals surface area contributed by atoms with Crippen LogP contribution in [0.25, 0.3) is 0 Å². The second-order valence-electron chi connectivity index (χ2n) is 4.62. The van der Waals surface area contributed by atoms with E-state index in [0.29, 0.717) is 32.1 Å². The lowest BCUT2D eigenvalue weighted by Gasteiger charge is -2.25. The highest BCUT2D eigenvalue weighted by atomic mass is 32.2. The molecule has 9 heteroatoms. The third-order valence-electron chi connectivity index (χ3n) is 3.12. The Hall–Kier alpha value is -1.35. The van der Waals surface area contributed by atoms with Crippen LogP contribution < -0.4 is 5.32 Å². The van der Waals surface area contributed by atoms with Gasteiger partial charge in [-0.1, -0.05) is 0 Å². The van der Waals surface area contributed by atoms with E-state index >= 15 is 0 Å². The average Bonchev–Trinajstić information content (AvgIpc) is 2.40. The van der Waals surface area contributed by atoms with Crippen molar-refractivity contribution in [3.8, 4) is 0 Å². The van der Waals surface area contributed by atoms with Gasteiger partial charge in [0.25, 0.3) is 9.84 Å². The van der Waals surface area contributed by atoms with Crippen molar-refractivity contribution in [2.45, 2.75) is 29.3 Å². The Morgan fingerprint density at radius 1 is 1.19 bits per heavy atom. The molecule has 0 aliphatic carbocycles. The van der Waals surface area contributed by atoms with E-state index in [1.54, 1.807) is 0 Å². The van der Waals surface area contributed by atoms with E-state index in [1.165, 1.54) is 0 Å². The topological polar surface area (TPSA) is 55.4 Å². The molecule has 0 bridgehead atoms. The van der Waals surface area contributed by atoms with Crippen LogP contribution in [-0.2, 0) is 14.6 Å². The largest absolute Gasteiger partial charge is 0.501 e. The molecular formula is C12H13F4NO3S. The van der Waals surface area contributed by atoms with Crippen LogP contribution >= 0.6 is 0 Å². The van der Waals surface area contributed by atoms with Gasteiger partial charge in [0.1, 0.15) is 10.7 Å². The smallest absolute Gasteiger partial charge is 0.381 e. The molecule has 0 radical (unpaired) electrons. The minimum Gasteiger partial charge on any atom is -0.381 e. The molecule has 1 saturated heterocycles. The summed E-state index contributed by atoms with van der Waals surface area (Å²) in [6.45, 7) is 0.862. The number of nitrogens with one attached hydrogen (secondary N) is 1. The Labute approximate surface area is 119 Å². The van der Waals surface area contributed by atoms with Crippen LogP contribution in [0.3, 0.4) is 0 Å². The van der Waals surface area contributed by atoms with Crippen molar-refractivity contribution in [3.05, 3.63) is 24.0 Å². The van der Waals surface area contributed by atoms with Crippen LogP contribution in [0.4, 0.5) is 23.2 Å². The summed E-state index contributed by atoms with van der Waals surface area (Å²) < 4.78 is 79.3. The summed E-state index contributed by atoms with van der Waals surface area (Å²) in [7, 11) is -5.61. The van der Waals surface area contributed by atoms with Gasteiger partial charge in [-0.05, 0) is 31.0 Å². The molecule has 1 aromatic carbocycles. The monoisotopic (exact) mass is 327 g/mol. The summed E-state index contributed by atoms with van der Waals surface area (Å²) in [6, 6.07) is 2.08. The molecule has 0 atom stereocenters. The van der Waals surface area contributed by atoms with Gasteiger partial charge >= 0.3 is 5.51 Å². The number of alkyl halides is 3. The van der Waals surface area contributed by atoms with Gasteiger partial charge in [-0.2, -0.15) is 13.2 Å². The number of hydrogen-bond donors (Lipinski definition) is 1. The fraction of sp³-hybridized carbons (Fsp3) is 0.500. The van der Waals surface area contributed by atoms with Crippen molar-refractivity contribution in [1.82, 2.24) is 0 Å². The zero-order valence-electron chi connectivity index (χ0n) is 10.8. The molecule has 21 heavy (non-hydrogen) atoms. The van der Waals surface area contributed by atoms with Gasteiger partial charge in [0.05, 0.1) is 5.69 Å². The molecule has 1 aliphatic rings. The maximum atomic E-state index is 13.2. The maximum absolute atomic E-state index is 13.2. The summed E-state index contributed by atoms with van der Waals surface area (Å²) in [5.41, 5.74) is -5.73. The van der Waals surface area contributed by atoms with Crippen LogP contribution in [0.2, 0.25) is 0 Å².